The molecule has 0 bridgehead atoms. The van der Waals surface area contributed by atoms with Gasteiger partial charge in [-0.25, -0.2) is 0 Å². The van der Waals surface area contributed by atoms with Crippen molar-refractivity contribution in [2.24, 2.45) is 0 Å². The van der Waals surface area contributed by atoms with Crippen molar-refractivity contribution in [2.45, 2.75) is 0 Å². The first kappa shape index (κ1) is 33.0. The van der Waals surface area contributed by atoms with E-state index in [9.17, 15) is 10.5 Å². The number of nitrogens with zero attached hydrogens (tertiary/aromatic N) is 4. The Morgan fingerprint density at radius 2 is 0.604 bits per heavy atom. The summed E-state index contributed by atoms with van der Waals surface area (Å²) in [7, 11) is 8.13. The van der Waals surface area contributed by atoms with Crippen LogP contribution in [0.3, 0.4) is 0 Å². The van der Waals surface area contributed by atoms with Crippen LogP contribution in [-0.2, 0) is 0 Å². The minimum absolute atomic E-state index is 0.517. The van der Waals surface area contributed by atoms with E-state index in [-0.39, 0.29) is 0 Å². The first-order chi connectivity index (χ1) is 23.3. The molecule has 5 rings (SSSR count). The van der Waals surface area contributed by atoms with Crippen LogP contribution in [0, 0.1) is 22.7 Å². The third kappa shape index (κ3) is 8.88. The third-order valence-electron chi connectivity index (χ3n) is 8.00. The largest absolute Gasteiger partial charge is 0.378 e. The van der Waals surface area contributed by atoms with Gasteiger partial charge in [-0.3, -0.25) is 0 Å². The van der Waals surface area contributed by atoms with E-state index in [0.717, 1.165) is 33.4 Å². The van der Waals surface area contributed by atoms with Crippen LogP contribution in [0.4, 0.5) is 11.4 Å². The van der Waals surface area contributed by atoms with E-state index in [1.807, 2.05) is 76.8 Å². The fourth-order valence-corrected chi connectivity index (χ4v) is 5.06. The molecule has 0 saturated carbocycles. The number of anilines is 2. The molecule has 4 nitrogen and oxygen atoms in total. The van der Waals surface area contributed by atoms with Crippen LogP contribution in [0.5, 0.6) is 0 Å². The fourth-order valence-electron chi connectivity index (χ4n) is 5.06. The summed E-state index contributed by atoms with van der Waals surface area (Å²) in [6.45, 7) is 0. The number of hydrogen-bond acceptors (Lipinski definition) is 4. The Labute approximate surface area is 284 Å². The Hall–Kier alpha value is -6.36. The van der Waals surface area contributed by atoms with E-state index in [0.29, 0.717) is 22.3 Å². The molecule has 0 saturated heterocycles. The van der Waals surface area contributed by atoms with Gasteiger partial charge in [0.1, 0.15) is 0 Å². The maximum Gasteiger partial charge on any atom is 0.0998 e. The first-order valence-corrected chi connectivity index (χ1v) is 15.8. The molecule has 0 atom stereocenters. The van der Waals surface area contributed by atoms with Crippen molar-refractivity contribution in [1.29, 1.82) is 10.5 Å². The predicted molar refractivity (Wildman–Crippen MR) is 206 cm³/mol. The molecule has 0 radical (unpaired) electrons. The lowest BCUT2D eigenvalue weighted by Crippen LogP contribution is -2.07. The highest BCUT2D eigenvalue weighted by molar-refractivity contribution is 5.80. The highest BCUT2D eigenvalue weighted by Crippen LogP contribution is 2.22. The van der Waals surface area contributed by atoms with Crippen LogP contribution < -0.4 is 9.80 Å². The molecule has 0 aliphatic carbocycles. The molecule has 4 heteroatoms. The maximum absolute atomic E-state index is 9.91. The topological polar surface area (TPSA) is 54.1 Å². The molecule has 0 aliphatic rings. The summed E-state index contributed by atoms with van der Waals surface area (Å²) < 4.78 is 0. The molecular formula is C44H38N4. The summed E-state index contributed by atoms with van der Waals surface area (Å²) in [6.07, 6.45) is 16.1. The van der Waals surface area contributed by atoms with Crippen LogP contribution in [0.15, 0.2) is 109 Å². The Kier molecular flexibility index (Phi) is 10.8. The van der Waals surface area contributed by atoms with Gasteiger partial charge in [-0.15, -0.1) is 0 Å². The lowest BCUT2D eigenvalue weighted by molar-refractivity contribution is 1.13. The summed E-state index contributed by atoms with van der Waals surface area (Å²) in [4.78, 5) is 4.17. The summed E-state index contributed by atoms with van der Waals surface area (Å²) in [6, 6.07) is 41.5. The maximum atomic E-state index is 9.91. The zero-order chi connectivity index (χ0) is 33.9. The van der Waals surface area contributed by atoms with Gasteiger partial charge in [0.2, 0.25) is 0 Å². The molecular weight excluding hydrogens is 585 g/mol. The van der Waals surface area contributed by atoms with Crippen LogP contribution >= 0.6 is 0 Å². The third-order valence-corrected chi connectivity index (χ3v) is 8.00. The van der Waals surface area contributed by atoms with E-state index in [4.69, 9.17) is 0 Å². The second kappa shape index (κ2) is 15.8. The lowest BCUT2D eigenvalue weighted by atomic mass is 9.97. The fraction of sp³-hybridized carbons (Fsp3) is 0.0909. The molecule has 0 aromatic heterocycles. The van der Waals surface area contributed by atoms with Gasteiger partial charge in [-0.1, -0.05) is 121 Å². The number of rotatable bonds is 10. The number of benzene rings is 5. The van der Waals surface area contributed by atoms with E-state index < -0.39 is 0 Å². The minimum Gasteiger partial charge on any atom is -0.378 e. The molecule has 48 heavy (non-hydrogen) atoms. The Morgan fingerprint density at radius 1 is 0.375 bits per heavy atom. The average molecular weight is 623 g/mol. The molecule has 0 fully saturated rings. The molecule has 5 aromatic rings. The highest BCUT2D eigenvalue weighted by atomic mass is 15.1. The summed E-state index contributed by atoms with van der Waals surface area (Å²) in [5.74, 6) is 0. The van der Waals surface area contributed by atoms with Crippen LogP contribution in [-0.4, -0.2) is 28.2 Å². The van der Waals surface area contributed by atoms with Gasteiger partial charge in [-0.2, -0.15) is 10.5 Å². The van der Waals surface area contributed by atoms with Crippen molar-refractivity contribution in [3.05, 3.63) is 165 Å². The first-order valence-electron chi connectivity index (χ1n) is 15.8. The molecule has 0 amide bonds. The molecule has 0 N–H and O–H groups in total. The van der Waals surface area contributed by atoms with Crippen LogP contribution in [0.25, 0.3) is 48.6 Å². The standard InChI is InChI=1S/C44H38N4/c1-47(2)43-25-19-37(20-26-43)15-9-33-5-11-35(12-6-33)17-23-39-29-42(32-46)40(30-41(39)31-45)24-18-36-13-7-34(8-14-36)10-16-38-21-27-44(28-22-38)48(3)4/h5-30H,1-4H3/b15-9+,16-10+,23-17+,24-18+. The smallest absolute Gasteiger partial charge is 0.0998 e. The van der Waals surface area contributed by atoms with Gasteiger partial charge in [0.25, 0.3) is 0 Å². The number of nitriles is 2. The van der Waals surface area contributed by atoms with Crippen molar-refractivity contribution in [3.63, 3.8) is 0 Å². The summed E-state index contributed by atoms with van der Waals surface area (Å²) >= 11 is 0. The zero-order valence-electron chi connectivity index (χ0n) is 27.8. The summed E-state index contributed by atoms with van der Waals surface area (Å²) in [5.41, 5.74) is 11.3. The van der Waals surface area contributed by atoms with Crippen molar-refractivity contribution in [2.75, 3.05) is 38.0 Å². The number of hydrogen-bond donors (Lipinski definition) is 0. The quantitative estimate of drug-likeness (QED) is 0.145. The second-order valence-electron chi connectivity index (χ2n) is 11.9. The van der Waals surface area contributed by atoms with Crippen molar-refractivity contribution < 1.29 is 0 Å². The van der Waals surface area contributed by atoms with E-state index >= 15 is 0 Å². The normalized spacial score (nSPS) is 11.4. The van der Waals surface area contributed by atoms with E-state index in [1.165, 1.54) is 11.4 Å². The van der Waals surface area contributed by atoms with Crippen molar-refractivity contribution in [1.82, 2.24) is 0 Å². The average Bonchev–Trinajstić information content (AvgIpc) is 3.12. The van der Waals surface area contributed by atoms with E-state index in [2.05, 4.69) is 119 Å². The SMILES string of the molecule is CN(C)c1ccc(/C=C/c2ccc(/C=C/c3cc(C#N)c(/C=C/c4ccc(/C=C/c5ccc(N(C)C)cc5)cc4)cc3C#N)cc2)cc1. The zero-order valence-corrected chi connectivity index (χ0v) is 27.8. The molecule has 0 heterocycles. The van der Waals surface area contributed by atoms with Gasteiger partial charge >= 0.3 is 0 Å². The van der Waals surface area contributed by atoms with E-state index in [1.54, 1.807) is 12.1 Å². The Bertz CT molecular complexity index is 1890. The Balaban J connectivity index is 1.24. The lowest BCUT2D eigenvalue weighted by Gasteiger charge is -2.11. The molecule has 234 valence electrons. The minimum atomic E-state index is 0.517. The molecule has 0 aliphatic heterocycles. The van der Waals surface area contributed by atoms with Gasteiger partial charge in [0, 0.05) is 39.6 Å². The van der Waals surface area contributed by atoms with Gasteiger partial charge < -0.3 is 9.80 Å². The monoisotopic (exact) mass is 622 g/mol. The highest BCUT2D eigenvalue weighted by Gasteiger charge is 2.07. The summed E-state index contributed by atoms with van der Waals surface area (Å²) in [5, 5.41) is 19.8. The predicted octanol–water partition coefficient (Wildman–Crippen LogP) is 10.2. The van der Waals surface area contributed by atoms with Crippen LogP contribution in [0.1, 0.15) is 55.6 Å². The van der Waals surface area contributed by atoms with Gasteiger partial charge in [0.15, 0.2) is 0 Å². The molecule has 0 unspecified atom stereocenters. The molecule has 0 spiro atoms. The van der Waals surface area contributed by atoms with Crippen LogP contribution in [0.2, 0.25) is 0 Å². The Morgan fingerprint density at radius 3 is 0.833 bits per heavy atom. The van der Waals surface area contributed by atoms with Gasteiger partial charge in [0.05, 0.1) is 23.3 Å². The van der Waals surface area contributed by atoms with Crippen molar-refractivity contribution >= 4 is 60.0 Å². The van der Waals surface area contributed by atoms with Gasteiger partial charge in [-0.05, 0) is 80.9 Å². The van der Waals surface area contributed by atoms with Crippen molar-refractivity contribution in [3.8, 4) is 12.1 Å². The second-order valence-corrected chi connectivity index (χ2v) is 11.9. The molecule has 5 aromatic carbocycles.